The Hall–Kier alpha value is -4.05. The van der Waals surface area contributed by atoms with Crippen LogP contribution in [0.25, 0.3) is 50.0 Å². The minimum absolute atomic E-state index is 0. The molecule has 0 aliphatic heterocycles. The van der Waals surface area contributed by atoms with Gasteiger partial charge in [-0.25, -0.2) is 0 Å². The molecule has 0 fully saturated rings. The molecule has 2 aromatic carbocycles. The Morgan fingerprint density at radius 2 is 1.46 bits per heavy atom. The molecule has 5 heterocycles. The van der Waals surface area contributed by atoms with Crippen LogP contribution in [0.3, 0.4) is 0 Å². The van der Waals surface area contributed by atoms with Gasteiger partial charge in [0, 0.05) is 61.9 Å². The summed E-state index contributed by atoms with van der Waals surface area (Å²) < 4.78 is 8.31. The van der Waals surface area contributed by atoms with Gasteiger partial charge in [-0.3, -0.25) is 0 Å². The van der Waals surface area contributed by atoms with Gasteiger partial charge in [0.2, 0.25) is 0 Å². The summed E-state index contributed by atoms with van der Waals surface area (Å²) in [6, 6.07) is 28.8. The maximum atomic E-state index is 6.20. The molecule has 0 aliphatic rings. The molecule has 0 bridgehead atoms. The van der Waals surface area contributed by atoms with E-state index in [9.17, 15) is 0 Å². The van der Waals surface area contributed by atoms with Crippen LogP contribution in [0.15, 0.2) is 95.9 Å². The van der Waals surface area contributed by atoms with E-state index in [1.807, 2.05) is 48.8 Å². The van der Waals surface area contributed by atoms with E-state index < -0.39 is 0 Å². The van der Waals surface area contributed by atoms with Gasteiger partial charge in [-0.15, -0.1) is 54.1 Å². The molecule has 0 unspecified atom stereocenters. The topological polar surface area (TPSA) is 43.3 Å². The van der Waals surface area contributed by atoms with E-state index in [4.69, 9.17) is 4.42 Å². The van der Waals surface area contributed by atoms with Crippen LogP contribution in [-0.4, -0.2) is 14.4 Å². The minimum atomic E-state index is 0. The zero-order chi connectivity index (χ0) is 26.2. The molecular weight excluding hydrogens is 659 g/mol. The number of aryl methyl sites for hydroxylation is 4. The molecular formula is C34H27IrN3O-2. The van der Waals surface area contributed by atoms with Gasteiger partial charge in [0.1, 0.15) is 5.58 Å². The molecule has 0 amide bonds. The van der Waals surface area contributed by atoms with Crippen LogP contribution in [0.2, 0.25) is 0 Å². The Kier molecular flexibility index (Phi) is 7.47. The number of fused-ring (bicyclic) bond motifs is 4. The zero-order valence-electron chi connectivity index (χ0n) is 22.2. The third kappa shape index (κ3) is 5.16. The molecule has 195 valence electrons. The molecule has 39 heavy (non-hydrogen) atoms. The van der Waals surface area contributed by atoms with Crippen molar-refractivity contribution in [2.24, 2.45) is 0 Å². The fraction of sp³-hybridized carbons (Fsp3) is 0.118. The molecule has 1 radical (unpaired) electrons. The maximum Gasteiger partial charge on any atom is 0.124 e. The summed E-state index contributed by atoms with van der Waals surface area (Å²) in [5, 5.41) is 2.20. The van der Waals surface area contributed by atoms with Crippen LogP contribution in [0, 0.1) is 39.8 Å². The van der Waals surface area contributed by atoms with Crippen molar-refractivity contribution in [3.63, 3.8) is 0 Å². The number of rotatable bonds is 2. The van der Waals surface area contributed by atoms with Crippen molar-refractivity contribution in [3.05, 3.63) is 126 Å². The quantitative estimate of drug-likeness (QED) is 0.172. The Morgan fingerprint density at radius 3 is 2.18 bits per heavy atom. The van der Waals surface area contributed by atoms with Crippen LogP contribution < -0.4 is 0 Å². The summed E-state index contributed by atoms with van der Waals surface area (Å²) in [5.41, 5.74) is 11.6. The zero-order valence-corrected chi connectivity index (χ0v) is 24.6. The summed E-state index contributed by atoms with van der Waals surface area (Å²) in [7, 11) is 0. The molecule has 5 aromatic heterocycles. The number of furan rings is 1. The Morgan fingerprint density at radius 1 is 0.718 bits per heavy atom. The molecule has 0 saturated heterocycles. The molecule has 0 N–H and O–H groups in total. The number of hydrogen-bond acceptors (Lipinski definition) is 3. The van der Waals surface area contributed by atoms with Crippen molar-refractivity contribution in [2.45, 2.75) is 27.7 Å². The van der Waals surface area contributed by atoms with Gasteiger partial charge in [0.15, 0.2) is 0 Å². The van der Waals surface area contributed by atoms with E-state index in [1.54, 1.807) is 0 Å². The van der Waals surface area contributed by atoms with Crippen molar-refractivity contribution in [1.82, 2.24) is 14.4 Å². The van der Waals surface area contributed by atoms with E-state index in [1.165, 1.54) is 22.3 Å². The van der Waals surface area contributed by atoms with Crippen LogP contribution in [0.1, 0.15) is 22.3 Å². The maximum absolute atomic E-state index is 6.20. The van der Waals surface area contributed by atoms with Crippen LogP contribution in [0.5, 0.6) is 0 Å². The van der Waals surface area contributed by atoms with Crippen molar-refractivity contribution in [1.29, 1.82) is 0 Å². The second-order valence-electron chi connectivity index (χ2n) is 9.67. The first kappa shape index (κ1) is 26.6. The Balaban J connectivity index is 0.000000177. The van der Waals surface area contributed by atoms with E-state index >= 15 is 0 Å². The third-order valence-electron chi connectivity index (χ3n) is 7.06. The van der Waals surface area contributed by atoms with Crippen molar-refractivity contribution in [2.75, 3.05) is 0 Å². The predicted molar refractivity (Wildman–Crippen MR) is 154 cm³/mol. The number of pyridine rings is 3. The number of benzene rings is 2. The monoisotopic (exact) mass is 686 g/mol. The second kappa shape index (κ2) is 11.0. The van der Waals surface area contributed by atoms with Gasteiger partial charge < -0.3 is 18.8 Å². The van der Waals surface area contributed by atoms with Crippen LogP contribution in [0.4, 0.5) is 0 Å². The third-order valence-corrected chi connectivity index (χ3v) is 7.06. The normalized spacial score (nSPS) is 10.9. The van der Waals surface area contributed by atoms with Gasteiger partial charge in [-0.05, 0) is 62.3 Å². The summed E-state index contributed by atoms with van der Waals surface area (Å²) in [6.45, 7) is 8.34. The standard InChI is InChI=1S/C21H15N2O.C13H12N.Ir/c1-13-9-19(22-11-14(13)2)17-7-3-6-16-18-12-23-8-4-5-15(23)10-20(18)24-21(16)17;1-10-8-13(14-9-11(10)2)12-6-4-3-5-7-12;/h3-6,8-12H,1-2H3;3-6,8-9H,1-2H3;/q2*-1;. The van der Waals surface area contributed by atoms with Crippen LogP contribution in [-0.2, 0) is 20.1 Å². The second-order valence-corrected chi connectivity index (χ2v) is 9.67. The van der Waals surface area contributed by atoms with Gasteiger partial charge >= 0.3 is 0 Å². The molecule has 7 rings (SSSR count). The minimum Gasteiger partial charge on any atom is -0.500 e. The summed E-state index contributed by atoms with van der Waals surface area (Å²) >= 11 is 0. The summed E-state index contributed by atoms with van der Waals surface area (Å²) in [5.74, 6) is 0. The van der Waals surface area contributed by atoms with Gasteiger partial charge in [-0.2, -0.15) is 0 Å². The van der Waals surface area contributed by atoms with Crippen molar-refractivity contribution in [3.8, 4) is 22.5 Å². The van der Waals surface area contributed by atoms with Crippen molar-refractivity contribution >= 4 is 27.5 Å². The first-order chi connectivity index (χ1) is 18.5. The molecule has 5 heteroatoms. The van der Waals surface area contributed by atoms with Crippen molar-refractivity contribution < 1.29 is 24.5 Å². The average Bonchev–Trinajstić information content (AvgIpc) is 3.55. The van der Waals surface area contributed by atoms with E-state index in [0.29, 0.717) is 0 Å². The predicted octanol–water partition coefficient (Wildman–Crippen LogP) is 8.48. The van der Waals surface area contributed by atoms with E-state index in [-0.39, 0.29) is 20.1 Å². The molecule has 0 saturated carbocycles. The number of hydrogen-bond donors (Lipinski definition) is 0. The van der Waals surface area contributed by atoms with Crippen LogP contribution >= 0.6 is 0 Å². The van der Waals surface area contributed by atoms with Gasteiger partial charge in [0.05, 0.1) is 5.58 Å². The summed E-state index contributed by atoms with van der Waals surface area (Å²) in [6.07, 6.45) is 7.98. The molecule has 0 aliphatic carbocycles. The molecule has 4 nitrogen and oxygen atoms in total. The van der Waals surface area contributed by atoms with Gasteiger partial charge in [-0.1, -0.05) is 34.2 Å². The molecule has 0 atom stereocenters. The fourth-order valence-corrected chi connectivity index (χ4v) is 4.54. The summed E-state index contributed by atoms with van der Waals surface area (Å²) in [4.78, 5) is 8.96. The smallest absolute Gasteiger partial charge is 0.124 e. The average molecular weight is 686 g/mol. The van der Waals surface area contributed by atoms with E-state index in [0.717, 1.165) is 50.0 Å². The largest absolute Gasteiger partial charge is 0.500 e. The molecule has 7 aromatic rings. The van der Waals surface area contributed by atoms with Gasteiger partial charge in [0.25, 0.3) is 0 Å². The Labute approximate surface area is 241 Å². The SMILES string of the molecule is Cc1cnc(-c2[c-]ccc3c2oc2cc4cccn4cc23)cc1C.Cc1cnc(-c2[c-]cccc2)cc1C.[Ir]. The first-order valence-electron chi connectivity index (χ1n) is 12.7. The Bertz CT molecular complexity index is 1920. The van der Waals surface area contributed by atoms with E-state index in [2.05, 4.69) is 96.9 Å². The number of nitrogens with zero attached hydrogens (tertiary/aromatic N) is 3. The molecule has 0 spiro atoms. The first-order valence-corrected chi connectivity index (χ1v) is 12.7. The number of aromatic nitrogens is 3. The fourth-order valence-electron chi connectivity index (χ4n) is 4.54.